The zero-order valence-electron chi connectivity index (χ0n) is 11.1. The molecule has 0 fully saturated rings. The Bertz CT molecular complexity index is 488. The number of anilines is 1. The summed E-state index contributed by atoms with van der Waals surface area (Å²) in [7, 11) is 0. The van der Waals surface area contributed by atoms with Gasteiger partial charge in [0.1, 0.15) is 0 Å². The molecule has 0 saturated heterocycles. The van der Waals surface area contributed by atoms with E-state index < -0.39 is 0 Å². The van der Waals surface area contributed by atoms with Crippen molar-refractivity contribution in [1.82, 2.24) is 9.97 Å². The number of hydrogen-bond acceptors (Lipinski definition) is 5. The number of thiazole rings is 2. The van der Waals surface area contributed by atoms with Crippen LogP contribution in [0.3, 0.4) is 0 Å². The minimum Gasteiger partial charge on any atom is -0.361 e. The molecular formula is C13H19N3S2. The molecule has 2 heterocycles. The molecule has 0 aliphatic rings. The third-order valence-electron chi connectivity index (χ3n) is 2.53. The van der Waals surface area contributed by atoms with Gasteiger partial charge in [-0.15, -0.1) is 22.7 Å². The fourth-order valence-corrected chi connectivity index (χ4v) is 3.23. The molecule has 0 unspecified atom stereocenters. The molecule has 0 radical (unpaired) electrons. The van der Waals surface area contributed by atoms with Crippen LogP contribution in [0, 0.1) is 5.92 Å². The van der Waals surface area contributed by atoms with Crippen LogP contribution in [0.4, 0.5) is 5.13 Å². The largest absolute Gasteiger partial charge is 0.361 e. The van der Waals surface area contributed by atoms with Gasteiger partial charge in [0.05, 0.1) is 21.8 Å². The average molecular weight is 281 g/mol. The number of aromatic nitrogens is 2. The topological polar surface area (TPSA) is 37.8 Å². The molecule has 0 saturated carbocycles. The molecule has 0 atom stereocenters. The first kappa shape index (κ1) is 13.5. The lowest BCUT2D eigenvalue weighted by Crippen LogP contribution is -2.07. The van der Waals surface area contributed by atoms with Crippen molar-refractivity contribution in [3.05, 3.63) is 16.6 Å². The van der Waals surface area contributed by atoms with E-state index in [0.29, 0.717) is 5.92 Å². The molecule has 0 spiro atoms. The van der Waals surface area contributed by atoms with Crippen LogP contribution in [0.2, 0.25) is 0 Å². The minimum atomic E-state index is 0.636. The van der Waals surface area contributed by atoms with Crippen LogP contribution >= 0.6 is 22.7 Å². The SMILES string of the molecule is CCCc1ncsc1-c1csc(NCC(C)C)n1. The number of nitrogens with one attached hydrogen (secondary N) is 1. The second-order valence-electron chi connectivity index (χ2n) is 4.69. The second-order valence-corrected chi connectivity index (χ2v) is 6.40. The highest BCUT2D eigenvalue weighted by atomic mass is 32.1. The minimum absolute atomic E-state index is 0.636. The molecule has 3 nitrogen and oxygen atoms in total. The highest BCUT2D eigenvalue weighted by Gasteiger charge is 2.11. The number of hydrogen-bond donors (Lipinski definition) is 1. The van der Waals surface area contributed by atoms with Gasteiger partial charge in [-0.2, -0.15) is 0 Å². The summed E-state index contributed by atoms with van der Waals surface area (Å²) < 4.78 is 0. The zero-order chi connectivity index (χ0) is 13.0. The Labute approximate surface area is 116 Å². The molecule has 18 heavy (non-hydrogen) atoms. The summed E-state index contributed by atoms with van der Waals surface area (Å²) in [6.45, 7) is 7.55. The van der Waals surface area contributed by atoms with E-state index in [4.69, 9.17) is 0 Å². The maximum Gasteiger partial charge on any atom is 0.183 e. The number of rotatable bonds is 6. The van der Waals surface area contributed by atoms with Gasteiger partial charge >= 0.3 is 0 Å². The summed E-state index contributed by atoms with van der Waals surface area (Å²) in [5.41, 5.74) is 4.17. The number of nitrogens with zero attached hydrogens (tertiary/aromatic N) is 2. The van der Waals surface area contributed by atoms with E-state index >= 15 is 0 Å². The molecule has 0 bridgehead atoms. The molecule has 98 valence electrons. The Balaban J connectivity index is 2.11. The Morgan fingerprint density at radius 3 is 2.89 bits per heavy atom. The molecule has 0 aromatic carbocycles. The van der Waals surface area contributed by atoms with Gasteiger partial charge in [0, 0.05) is 11.9 Å². The van der Waals surface area contributed by atoms with Crippen molar-refractivity contribution in [2.45, 2.75) is 33.6 Å². The van der Waals surface area contributed by atoms with Crippen LogP contribution < -0.4 is 5.32 Å². The van der Waals surface area contributed by atoms with E-state index in [1.807, 2.05) is 5.51 Å². The third-order valence-corrected chi connectivity index (χ3v) is 4.22. The predicted molar refractivity (Wildman–Crippen MR) is 80.5 cm³/mol. The van der Waals surface area contributed by atoms with Crippen molar-refractivity contribution < 1.29 is 0 Å². The Morgan fingerprint density at radius 1 is 1.33 bits per heavy atom. The molecule has 0 aliphatic heterocycles. The van der Waals surface area contributed by atoms with Crippen LogP contribution in [0.25, 0.3) is 10.6 Å². The smallest absolute Gasteiger partial charge is 0.183 e. The molecule has 5 heteroatoms. The predicted octanol–water partition coefficient (Wildman–Crippen LogP) is 4.29. The molecule has 2 aromatic heterocycles. The lowest BCUT2D eigenvalue weighted by Gasteiger charge is -2.04. The van der Waals surface area contributed by atoms with Crippen molar-refractivity contribution in [3.8, 4) is 10.6 Å². The second kappa shape index (κ2) is 6.29. The first-order valence-corrected chi connectivity index (χ1v) is 8.08. The van der Waals surface area contributed by atoms with Crippen molar-refractivity contribution in [2.75, 3.05) is 11.9 Å². The Kier molecular flexibility index (Phi) is 4.72. The third kappa shape index (κ3) is 3.29. The average Bonchev–Trinajstić information content (AvgIpc) is 2.94. The summed E-state index contributed by atoms with van der Waals surface area (Å²) in [5, 5.41) is 6.50. The molecule has 2 aromatic rings. The van der Waals surface area contributed by atoms with Crippen molar-refractivity contribution in [3.63, 3.8) is 0 Å². The first-order valence-electron chi connectivity index (χ1n) is 6.32. The summed E-state index contributed by atoms with van der Waals surface area (Å²) in [6.07, 6.45) is 2.16. The highest BCUT2D eigenvalue weighted by Crippen LogP contribution is 2.31. The standard InChI is InChI=1S/C13H19N3S2/c1-4-5-10-12(18-8-15-10)11-7-17-13(16-11)14-6-9(2)3/h7-9H,4-6H2,1-3H3,(H,14,16). The van der Waals surface area contributed by atoms with Gasteiger partial charge in [-0.05, 0) is 12.3 Å². The summed E-state index contributed by atoms with van der Waals surface area (Å²) in [4.78, 5) is 10.3. The Hall–Kier alpha value is -0.940. The van der Waals surface area contributed by atoms with Crippen LogP contribution in [0.15, 0.2) is 10.9 Å². The fraction of sp³-hybridized carbons (Fsp3) is 0.538. The normalized spacial score (nSPS) is 11.1. The highest BCUT2D eigenvalue weighted by molar-refractivity contribution is 7.15. The Morgan fingerprint density at radius 2 is 2.17 bits per heavy atom. The van der Waals surface area contributed by atoms with E-state index in [9.17, 15) is 0 Å². The maximum atomic E-state index is 4.65. The quantitative estimate of drug-likeness (QED) is 0.858. The van der Waals surface area contributed by atoms with E-state index in [-0.39, 0.29) is 0 Å². The summed E-state index contributed by atoms with van der Waals surface area (Å²) in [6, 6.07) is 0. The molecule has 0 aliphatic carbocycles. The summed E-state index contributed by atoms with van der Waals surface area (Å²) >= 11 is 3.36. The van der Waals surface area contributed by atoms with Gasteiger partial charge in [-0.25, -0.2) is 9.97 Å². The number of aryl methyl sites for hydroxylation is 1. The lowest BCUT2D eigenvalue weighted by atomic mass is 10.2. The van der Waals surface area contributed by atoms with Gasteiger partial charge in [0.25, 0.3) is 0 Å². The first-order chi connectivity index (χ1) is 8.70. The van der Waals surface area contributed by atoms with Crippen LogP contribution in [-0.2, 0) is 6.42 Å². The lowest BCUT2D eigenvalue weighted by molar-refractivity contribution is 0.688. The van der Waals surface area contributed by atoms with Gasteiger partial charge in [-0.3, -0.25) is 0 Å². The van der Waals surface area contributed by atoms with Gasteiger partial charge in [0.15, 0.2) is 5.13 Å². The van der Waals surface area contributed by atoms with E-state index in [1.54, 1.807) is 22.7 Å². The summed E-state index contributed by atoms with van der Waals surface area (Å²) in [5.74, 6) is 0.636. The fourth-order valence-electron chi connectivity index (χ4n) is 1.64. The van der Waals surface area contributed by atoms with Crippen molar-refractivity contribution in [2.24, 2.45) is 5.92 Å². The van der Waals surface area contributed by atoms with Gasteiger partial charge in [-0.1, -0.05) is 27.2 Å². The molecule has 1 N–H and O–H groups in total. The van der Waals surface area contributed by atoms with E-state index in [2.05, 4.69) is 41.4 Å². The van der Waals surface area contributed by atoms with Crippen LogP contribution in [-0.4, -0.2) is 16.5 Å². The zero-order valence-corrected chi connectivity index (χ0v) is 12.7. The molecule has 0 amide bonds. The van der Waals surface area contributed by atoms with Crippen LogP contribution in [0.5, 0.6) is 0 Å². The van der Waals surface area contributed by atoms with E-state index in [0.717, 1.165) is 30.2 Å². The van der Waals surface area contributed by atoms with Crippen LogP contribution in [0.1, 0.15) is 32.9 Å². The van der Waals surface area contributed by atoms with E-state index in [1.165, 1.54) is 10.6 Å². The maximum absolute atomic E-state index is 4.65. The molecular weight excluding hydrogens is 262 g/mol. The monoisotopic (exact) mass is 281 g/mol. The van der Waals surface area contributed by atoms with Crippen molar-refractivity contribution in [1.29, 1.82) is 0 Å². The molecule has 2 rings (SSSR count). The van der Waals surface area contributed by atoms with Crippen molar-refractivity contribution >= 4 is 27.8 Å². The van der Waals surface area contributed by atoms with Gasteiger partial charge < -0.3 is 5.32 Å². The van der Waals surface area contributed by atoms with Gasteiger partial charge in [0.2, 0.25) is 0 Å².